The van der Waals surface area contributed by atoms with Crippen molar-refractivity contribution in [2.45, 2.75) is 18.8 Å². The minimum absolute atomic E-state index is 0.525. The van der Waals surface area contributed by atoms with E-state index in [1.54, 1.807) is 0 Å². The van der Waals surface area contributed by atoms with E-state index in [0.717, 1.165) is 36.6 Å². The van der Waals surface area contributed by atoms with E-state index in [1.807, 2.05) is 36.7 Å². The maximum atomic E-state index is 5.89. The zero-order chi connectivity index (χ0) is 14.1. The molecular weight excluding hydrogens is 262 g/mol. The highest BCUT2D eigenvalue weighted by Gasteiger charge is 2.24. The van der Waals surface area contributed by atoms with Crippen molar-refractivity contribution in [2.75, 3.05) is 18.0 Å². The summed E-state index contributed by atoms with van der Waals surface area (Å²) >= 11 is 0. The second kappa shape index (κ2) is 5.20. The molecule has 4 heteroatoms. The molecule has 0 bridgehead atoms. The molecule has 0 N–H and O–H groups in total. The van der Waals surface area contributed by atoms with Gasteiger partial charge in [0.2, 0.25) is 0 Å². The predicted octanol–water partition coefficient (Wildman–Crippen LogP) is 3.61. The Kier molecular flexibility index (Phi) is 3.07. The third-order valence-corrected chi connectivity index (χ3v) is 4.15. The summed E-state index contributed by atoms with van der Waals surface area (Å²) in [4.78, 5) is 11.0. The summed E-state index contributed by atoms with van der Waals surface area (Å²) in [7, 11) is 0. The summed E-state index contributed by atoms with van der Waals surface area (Å²) in [6.07, 6.45) is 6.11. The molecule has 3 heterocycles. The molecule has 1 aliphatic heterocycles. The molecule has 1 atom stereocenters. The summed E-state index contributed by atoms with van der Waals surface area (Å²) in [5.74, 6) is 0.525. The van der Waals surface area contributed by atoms with Gasteiger partial charge in [-0.25, -0.2) is 0 Å². The number of fused-ring (bicyclic) bond motifs is 1. The van der Waals surface area contributed by atoms with Crippen LogP contribution in [0, 0.1) is 0 Å². The summed E-state index contributed by atoms with van der Waals surface area (Å²) in [5.41, 5.74) is 3.14. The maximum Gasteiger partial charge on any atom is 0.298 e. The molecule has 0 spiro atoms. The van der Waals surface area contributed by atoms with Crippen LogP contribution in [-0.4, -0.2) is 23.1 Å². The topological polar surface area (TPSA) is 42.2 Å². The van der Waals surface area contributed by atoms with Crippen LogP contribution in [0.5, 0.6) is 0 Å². The van der Waals surface area contributed by atoms with Crippen LogP contribution in [-0.2, 0) is 0 Å². The molecule has 1 saturated heterocycles. The monoisotopic (exact) mass is 279 g/mol. The Labute approximate surface area is 123 Å². The lowest BCUT2D eigenvalue weighted by atomic mass is 9.91. The fourth-order valence-electron chi connectivity index (χ4n) is 3.05. The van der Waals surface area contributed by atoms with Gasteiger partial charge >= 0.3 is 0 Å². The summed E-state index contributed by atoms with van der Waals surface area (Å²) < 4.78 is 5.89. The number of piperidine rings is 1. The van der Waals surface area contributed by atoms with Crippen LogP contribution in [0.15, 0.2) is 53.2 Å². The minimum atomic E-state index is 0.525. The van der Waals surface area contributed by atoms with Crippen LogP contribution < -0.4 is 4.90 Å². The van der Waals surface area contributed by atoms with Gasteiger partial charge in [-0.3, -0.25) is 4.98 Å². The fourth-order valence-corrected chi connectivity index (χ4v) is 3.05. The number of para-hydroxylation sites is 2. The zero-order valence-corrected chi connectivity index (χ0v) is 11.8. The molecule has 4 nitrogen and oxygen atoms in total. The third kappa shape index (κ3) is 2.37. The van der Waals surface area contributed by atoms with Crippen LogP contribution in [0.25, 0.3) is 11.1 Å². The number of pyridine rings is 1. The Balaban J connectivity index is 1.60. The van der Waals surface area contributed by atoms with Gasteiger partial charge in [0.25, 0.3) is 6.01 Å². The molecule has 2 aromatic heterocycles. The normalized spacial score (nSPS) is 19.0. The molecule has 0 unspecified atom stereocenters. The standard InChI is InChI=1S/C17H17N3O/c1-2-6-16-15(5-1)19-17(21-16)20-11-3-4-14(12-20)13-7-9-18-10-8-13/h1-2,5-10,14H,3-4,11-12H2/t14-/m0/s1. The van der Waals surface area contributed by atoms with Crippen LogP contribution in [0.4, 0.5) is 6.01 Å². The van der Waals surface area contributed by atoms with E-state index >= 15 is 0 Å². The van der Waals surface area contributed by atoms with Crippen LogP contribution >= 0.6 is 0 Å². The van der Waals surface area contributed by atoms with Crippen molar-refractivity contribution in [1.29, 1.82) is 0 Å². The van der Waals surface area contributed by atoms with Crippen LogP contribution in [0.2, 0.25) is 0 Å². The van der Waals surface area contributed by atoms with Crippen molar-refractivity contribution in [2.24, 2.45) is 0 Å². The van der Waals surface area contributed by atoms with E-state index < -0.39 is 0 Å². The van der Waals surface area contributed by atoms with Gasteiger partial charge < -0.3 is 9.32 Å². The van der Waals surface area contributed by atoms with Crippen molar-refractivity contribution in [1.82, 2.24) is 9.97 Å². The van der Waals surface area contributed by atoms with Crippen LogP contribution in [0.1, 0.15) is 24.3 Å². The van der Waals surface area contributed by atoms with Gasteiger partial charge in [0, 0.05) is 31.4 Å². The molecule has 0 radical (unpaired) electrons. The first-order valence-electron chi connectivity index (χ1n) is 7.40. The first kappa shape index (κ1) is 12.4. The van der Waals surface area contributed by atoms with Crippen molar-refractivity contribution in [3.63, 3.8) is 0 Å². The molecule has 3 aromatic rings. The highest BCUT2D eigenvalue weighted by atomic mass is 16.4. The molecule has 106 valence electrons. The second-order valence-electron chi connectivity index (χ2n) is 5.53. The summed E-state index contributed by atoms with van der Waals surface area (Å²) in [6, 6.07) is 12.9. The maximum absolute atomic E-state index is 5.89. The molecular formula is C17H17N3O. The fraction of sp³-hybridized carbons (Fsp3) is 0.294. The van der Waals surface area contributed by atoms with E-state index in [4.69, 9.17) is 4.42 Å². The number of hydrogen-bond acceptors (Lipinski definition) is 4. The number of rotatable bonds is 2. The lowest BCUT2D eigenvalue weighted by Crippen LogP contribution is -2.34. The highest BCUT2D eigenvalue weighted by Crippen LogP contribution is 2.30. The first-order valence-corrected chi connectivity index (χ1v) is 7.40. The predicted molar refractivity (Wildman–Crippen MR) is 82.4 cm³/mol. The average Bonchev–Trinajstić information content (AvgIpc) is 3.00. The largest absolute Gasteiger partial charge is 0.423 e. The number of hydrogen-bond donors (Lipinski definition) is 0. The van der Waals surface area contributed by atoms with Gasteiger partial charge in [-0.1, -0.05) is 12.1 Å². The van der Waals surface area contributed by atoms with Crippen molar-refractivity contribution >= 4 is 17.1 Å². The van der Waals surface area contributed by atoms with Gasteiger partial charge in [-0.2, -0.15) is 4.98 Å². The van der Waals surface area contributed by atoms with E-state index in [2.05, 4.69) is 27.0 Å². The molecule has 1 aliphatic rings. The highest BCUT2D eigenvalue weighted by molar-refractivity contribution is 5.74. The molecule has 0 aliphatic carbocycles. The third-order valence-electron chi connectivity index (χ3n) is 4.15. The molecule has 1 aromatic carbocycles. The summed E-state index contributed by atoms with van der Waals surface area (Å²) in [5, 5.41) is 0. The Morgan fingerprint density at radius 1 is 1.10 bits per heavy atom. The average molecular weight is 279 g/mol. The number of benzene rings is 1. The molecule has 0 saturated carbocycles. The van der Waals surface area contributed by atoms with Gasteiger partial charge in [0.1, 0.15) is 5.52 Å². The molecule has 21 heavy (non-hydrogen) atoms. The molecule has 0 amide bonds. The van der Waals surface area contributed by atoms with Gasteiger partial charge in [0.15, 0.2) is 5.58 Å². The van der Waals surface area contributed by atoms with Crippen molar-refractivity contribution in [3.05, 3.63) is 54.4 Å². The van der Waals surface area contributed by atoms with E-state index in [1.165, 1.54) is 12.0 Å². The van der Waals surface area contributed by atoms with Crippen molar-refractivity contribution < 1.29 is 4.42 Å². The van der Waals surface area contributed by atoms with Gasteiger partial charge in [0.05, 0.1) is 0 Å². The second-order valence-corrected chi connectivity index (χ2v) is 5.53. The number of anilines is 1. The zero-order valence-electron chi connectivity index (χ0n) is 11.8. The first-order chi connectivity index (χ1) is 10.4. The molecule has 4 rings (SSSR count). The Morgan fingerprint density at radius 3 is 2.81 bits per heavy atom. The lowest BCUT2D eigenvalue weighted by Gasteiger charge is -2.31. The van der Waals surface area contributed by atoms with E-state index in [-0.39, 0.29) is 0 Å². The smallest absolute Gasteiger partial charge is 0.298 e. The van der Waals surface area contributed by atoms with E-state index in [9.17, 15) is 0 Å². The Bertz CT molecular complexity index is 705. The van der Waals surface area contributed by atoms with Gasteiger partial charge in [-0.15, -0.1) is 0 Å². The van der Waals surface area contributed by atoms with Gasteiger partial charge in [-0.05, 0) is 42.7 Å². The SMILES string of the molecule is c1ccc2oc(N3CCC[C@H](c4ccncc4)C3)nc2c1. The number of nitrogens with zero attached hydrogens (tertiary/aromatic N) is 3. The number of oxazole rings is 1. The summed E-state index contributed by atoms with van der Waals surface area (Å²) in [6.45, 7) is 1.96. The van der Waals surface area contributed by atoms with Crippen molar-refractivity contribution in [3.8, 4) is 0 Å². The molecule has 1 fully saturated rings. The van der Waals surface area contributed by atoms with Crippen LogP contribution in [0.3, 0.4) is 0 Å². The quantitative estimate of drug-likeness (QED) is 0.718. The Morgan fingerprint density at radius 2 is 1.95 bits per heavy atom. The lowest BCUT2D eigenvalue weighted by molar-refractivity contribution is 0.469. The van der Waals surface area contributed by atoms with E-state index in [0.29, 0.717) is 5.92 Å². The minimum Gasteiger partial charge on any atom is -0.423 e. The Hall–Kier alpha value is -2.36. The number of aromatic nitrogens is 2.